The summed E-state index contributed by atoms with van der Waals surface area (Å²) in [6, 6.07) is 41.2. The third-order valence-corrected chi connectivity index (χ3v) is 11.2. The van der Waals surface area contributed by atoms with E-state index in [-0.39, 0.29) is 29.6 Å². The molecule has 0 fully saturated rings. The van der Waals surface area contributed by atoms with E-state index < -0.39 is 8.07 Å². The first-order valence-electron chi connectivity index (χ1n) is 18.7. The topological polar surface area (TPSA) is 38.7 Å². The van der Waals surface area contributed by atoms with Crippen LogP contribution in [0, 0.1) is 0 Å². The monoisotopic (exact) mass is 653 g/mol. The standard InChI is InChI=1S/C45H39N3Si/c1-45(2)40-28-34(30-19-23-37(24-20-30)49(3,4)5)21-25-38(40)39-26-22-35(29-41(39)45)33-17-12-18-36(27-33)44-47-42(31-13-8-6-9-14-31)46-43(48-44)32-15-10-7-11-16-32/h6-29H,1-5H3/i19D,20D,23D,24D. The molecule has 6 aromatic carbocycles. The van der Waals surface area contributed by atoms with E-state index in [2.05, 4.69) is 76.0 Å². The van der Waals surface area contributed by atoms with Gasteiger partial charge < -0.3 is 0 Å². The van der Waals surface area contributed by atoms with Crippen LogP contribution in [0.5, 0.6) is 0 Å². The van der Waals surface area contributed by atoms with E-state index in [0.717, 1.165) is 44.5 Å². The van der Waals surface area contributed by atoms with Gasteiger partial charge in [0.1, 0.15) is 0 Å². The van der Waals surface area contributed by atoms with Crippen LogP contribution in [-0.4, -0.2) is 23.0 Å². The summed E-state index contributed by atoms with van der Waals surface area (Å²) in [5.74, 6) is 1.85. The molecule has 1 aromatic heterocycles. The highest BCUT2D eigenvalue weighted by atomic mass is 28.3. The summed E-state index contributed by atoms with van der Waals surface area (Å²) in [6.07, 6.45) is 0. The SMILES string of the molecule is [2H]c1c([2H])c([Si](C)(C)C)c([2H])c([2H])c1-c1ccc2c(c1)C(C)(C)c1cc(-c3cccc(-c4nc(-c5ccccc5)nc(-c5ccccc5)n4)c3)ccc1-2. The molecule has 0 unspecified atom stereocenters. The van der Waals surface area contributed by atoms with Gasteiger partial charge in [-0.3, -0.25) is 0 Å². The van der Waals surface area contributed by atoms with Crippen molar-refractivity contribution in [3.05, 3.63) is 157 Å². The Labute approximate surface area is 296 Å². The zero-order valence-corrected chi connectivity index (χ0v) is 29.4. The van der Waals surface area contributed by atoms with E-state index in [1.54, 1.807) is 0 Å². The van der Waals surface area contributed by atoms with Gasteiger partial charge in [-0.15, -0.1) is 0 Å². The van der Waals surface area contributed by atoms with Gasteiger partial charge in [0.15, 0.2) is 17.5 Å². The second kappa shape index (κ2) is 11.9. The van der Waals surface area contributed by atoms with E-state index in [0.29, 0.717) is 33.8 Å². The Kier molecular flexibility index (Phi) is 6.44. The smallest absolute Gasteiger partial charge is 0.164 e. The van der Waals surface area contributed by atoms with Crippen LogP contribution in [0.1, 0.15) is 30.5 Å². The molecule has 1 heterocycles. The Morgan fingerprint density at radius 2 is 0.878 bits per heavy atom. The molecular weight excluding hydrogens is 611 g/mol. The van der Waals surface area contributed by atoms with E-state index in [4.69, 9.17) is 20.4 Å². The molecule has 0 radical (unpaired) electrons. The van der Waals surface area contributed by atoms with Crippen LogP contribution >= 0.6 is 0 Å². The Morgan fingerprint density at radius 1 is 0.449 bits per heavy atom. The van der Waals surface area contributed by atoms with E-state index in [9.17, 15) is 0 Å². The predicted molar refractivity (Wildman–Crippen MR) is 208 cm³/mol. The van der Waals surface area contributed by atoms with E-state index in [1.807, 2.05) is 78.9 Å². The minimum absolute atomic E-state index is 0.0313. The van der Waals surface area contributed by atoms with Gasteiger partial charge in [-0.1, -0.05) is 166 Å². The van der Waals surface area contributed by atoms with Gasteiger partial charge in [0.05, 0.1) is 13.6 Å². The van der Waals surface area contributed by atoms with Gasteiger partial charge in [0.25, 0.3) is 0 Å². The summed E-state index contributed by atoms with van der Waals surface area (Å²) in [4.78, 5) is 14.7. The summed E-state index contributed by atoms with van der Waals surface area (Å²) in [6.45, 7) is 10.6. The lowest BCUT2D eigenvalue weighted by atomic mass is 9.81. The van der Waals surface area contributed by atoms with Crippen molar-refractivity contribution in [1.82, 2.24) is 15.0 Å². The lowest BCUT2D eigenvalue weighted by Crippen LogP contribution is -2.37. The number of hydrogen-bond acceptors (Lipinski definition) is 3. The maximum atomic E-state index is 8.95. The third-order valence-electron chi connectivity index (χ3n) is 9.49. The van der Waals surface area contributed by atoms with Crippen molar-refractivity contribution in [3.8, 4) is 67.5 Å². The number of nitrogens with zero attached hydrogens (tertiary/aromatic N) is 3. The quantitative estimate of drug-likeness (QED) is 0.168. The lowest BCUT2D eigenvalue weighted by molar-refractivity contribution is 0.661. The van der Waals surface area contributed by atoms with E-state index in [1.165, 1.54) is 5.56 Å². The first kappa shape index (κ1) is 26.5. The third kappa shape index (κ3) is 5.72. The summed E-state index contributed by atoms with van der Waals surface area (Å²) in [5, 5.41) is 0.575. The minimum Gasteiger partial charge on any atom is -0.208 e. The maximum Gasteiger partial charge on any atom is 0.164 e. The highest BCUT2D eigenvalue weighted by molar-refractivity contribution is 6.88. The van der Waals surface area contributed by atoms with Crippen molar-refractivity contribution in [2.45, 2.75) is 38.9 Å². The molecule has 1 aliphatic carbocycles. The average Bonchev–Trinajstić information content (AvgIpc) is 3.39. The van der Waals surface area contributed by atoms with Crippen molar-refractivity contribution in [2.24, 2.45) is 0 Å². The Morgan fingerprint density at radius 3 is 1.39 bits per heavy atom. The fraction of sp³-hybridized carbons (Fsp3) is 0.133. The summed E-state index contributed by atoms with van der Waals surface area (Å²) in [7, 11) is -2.11. The molecule has 238 valence electrons. The molecule has 1 aliphatic rings. The molecule has 4 heteroatoms. The molecule has 0 atom stereocenters. The van der Waals surface area contributed by atoms with Crippen molar-refractivity contribution in [2.75, 3.05) is 0 Å². The molecule has 0 saturated heterocycles. The molecule has 3 nitrogen and oxygen atoms in total. The molecule has 0 spiro atoms. The highest BCUT2D eigenvalue weighted by Crippen LogP contribution is 2.50. The van der Waals surface area contributed by atoms with Crippen LogP contribution in [0.3, 0.4) is 0 Å². The van der Waals surface area contributed by atoms with Gasteiger partial charge in [-0.05, 0) is 62.7 Å². The zero-order chi connectivity index (χ0) is 37.2. The number of aromatic nitrogens is 3. The second-order valence-corrected chi connectivity index (χ2v) is 19.3. The molecule has 0 saturated carbocycles. The second-order valence-electron chi connectivity index (χ2n) is 14.3. The molecule has 0 N–H and O–H groups in total. The Balaban J connectivity index is 1.18. The number of benzene rings is 6. The molecular formula is C45H39N3Si. The molecule has 0 amide bonds. The summed E-state index contributed by atoms with van der Waals surface area (Å²) < 4.78 is 35.5. The summed E-state index contributed by atoms with van der Waals surface area (Å²) in [5.41, 5.74) is 10.1. The predicted octanol–water partition coefficient (Wildman–Crippen LogP) is 11.1. The van der Waals surface area contributed by atoms with Crippen molar-refractivity contribution in [1.29, 1.82) is 0 Å². The molecule has 7 aromatic rings. The van der Waals surface area contributed by atoms with Gasteiger partial charge in [-0.25, -0.2) is 15.0 Å². The van der Waals surface area contributed by atoms with Crippen molar-refractivity contribution in [3.63, 3.8) is 0 Å². The molecule has 0 aliphatic heterocycles. The fourth-order valence-electron chi connectivity index (χ4n) is 6.68. The summed E-state index contributed by atoms with van der Waals surface area (Å²) >= 11 is 0. The highest BCUT2D eigenvalue weighted by Gasteiger charge is 2.36. The molecule has 49 heavy (non-hydrogen) atoms. The number of rotatable bonds is 6. The first-order chi connectivity index (χ1) is 25.3. The van der Waals surface area contributed by atoms with Gasteiger partial charge >= 0.3 is 0 Å². The zero-order valence-electron chi connectivity index (χ0n) is 32.4. The number of fused-ring (bicyclic) bond motifs is 3. The lowest BCUT2D eigenvalue weighted by Gasteiger charge is -2.23. The maximum absolute atomic E-state index is 8.95. The van der Waals surface area contributed by atoms with Crippen LogP contribution in [0.2, 0.25) is 19.6 Å². The van der Waals surface area contributed by atoms with Gasteiger partial charge in [-0.2, -0.15) is 0 Å². The molecule has 0 bridgehead atoms. The van der Waals surface area contributed by atoms with Crippen molar-refractivity contribution >= 4 is 13.3 Å². The van der Waals surface area contributed by atoms with Crippen LogP contribution in [0.4, 0.5) is 0 Å². The number of hydrogen-bond donors (Lipinski definition) is 0. The van der Waals surface area contributed by atoms with Crippen LogP contribution in [-0.2, 0) is 5.41 Å². The fourth-order valence-corrected chi connectivity index (χ4v) is 7.55. The Hall–Kier alpha value is -5.45. The first-order valence-corrected chi connectivity index (χ1v) is 20.2. The van der Waals surface area contributed by atoms with E-state index >= 15 is 0 Å². The Bertz CT molecular complexity index is 2480. The van der Waals surface area contributed by atoms with Gasteiger partial charge in [0.2, 0.25) is 0 Å². The van der Waals surface area contributed by atoms with Crippen LogP contribution in [0.25, 0.3) is 67.5 Å². The minimum atomic E-state index is -2.11. The van der Waals surface area contributed by atoms with Gasteiger partial charge in [0, 0.05) is 22.1 Å². The van der Waals surface area contributed by atoms with Crippen molar-refractivity contribution < 1.29 is 5.48 Å². The van der Waals surface area contributed by atoms with Crippen LogP contribution in [0.15, 0.2) is 145 Å². The largest absolute Gasteiger partial charge is 0.208 e. The molecule has 8 rings (SSSR count). The van der Waals surface area contributed by atoms with Crippen LogP contribution < -0.4 is 5.19 Å². The normalized spacial score (nSPS) is 14.3. The average molecular weight is 654 g/mol.